The van der Waals surface area contributed by atoms with E-state index in [0.29, 0.717) is 5.54 Å². The van der Waals surface area contributed by atoms with Crippen LogP contribution in [-0.2, 0) is 0 Å². The van der Waals surface area contributed by atoms with Gasteiger partial charge in [0, 0.05) is 18.6 Å². The summed E-state index contributed by atoms with van der Waals surface area (Å²) in [5.74, 6) is 0. The van der Waals surface area contributed by atoms with E-state index in [9.17, 15) is 0 Å². The number of nitrogens with zero attached hydrogens (tertiary/aromatic N) is 1. The summed E-state index contributed by atoms with van der Waals surface area (Å²) in [5.41, 5.74) is 0.694. The molecule has 2 heterocycles. The lowest BCUT2D eigenvalue weighted by Crippen LogP contribution is -2.67. The highest BCUT2D eigenvalue weighted by molar-refractivity contribution is 5.03. The molecule has 0 unspecified atom stereocenters. The third-order valence-electron chi connectivity index (χ3n) is 2.60. The Morgan fingerprint density at radius 1 is 1.29 bits per heavy atom. The SMILES string of the molecule is CC12CCN1CC2. The summed E-state index contributed by atoms with van der Waals surface area (Å²) in [6, 6.07) is 0. The first-order valence-corrected chi connectivity index (χ1v) is 3.06. The van der Waals surface area contributed by atoms with E-state index in [2.05, 4.69) is 11.8 Å². The van der Waals surface area contributed by atoms with E-state index >= 15 is 0 Å². The fraction of sp³-hybridized carbons (Fsp3) is 1.00. The molecule has 0 radical (unpaired) electrons. The van der Waals surface area contributed by atoms with Gasteiger partial charge in [0.15, 0.2) is 0 Å². The fourth-order valence-corrected chi connectivity index (χ4v) is 1.54. The first-order chi connectivity index (χ1) is 3.31. The highest BCUT2D eigenvalue weighted by atomic mass is 15.3. The highest BCUT2D eigenvalue weighted by Gasteiger charge is 2.47. The van der Waals surface area contributed by atoms with Crippen LogP contribution < -0.4 is 0 Å². The molecule has 0 aromatic rings. The molecule has 0 atom stereocenters. The molecule has 2 aliphatic heterocycles. The van der Waals surface area contributed by atoms with Crippen LogP contribution >= 0.6 is 0 Å². The van der Waals surface area contributed by atoms with Gasteiger partial charge in [-0.3, -0.25) is 4.90 Å². The second-order valence-electron chi connectivity index (χ2n) is 2.98. The maximum atomic E-state index is 2.55. The van der Waals surface area contributed by atoms with Crippen molar-refractivity contribution in [3.05, 3.63) is 0 Å². The van der Waals surface area contributed by atoms with Crippen LogP contribution in [0.1, 0.15) is 19.8 Å². The monoisotopic (exact) mass is 97.1 g/mol. The van der Waals surface area contributed by atoms with E-state index in [0.717, 1.165) is 0 Å². The Balaban J connectivity index is 2.12. The lowest BCUT2D eigenvalue weighted by molar-refractivity contribution is -0.0897. The number of hydrogen-bond acceptors (Lipinski definition) is 1. The van der Waals surface area contributed by atoms with Crippen molar-refractivity contribution in [1.82, 2.24) is 4.90 Å². The van der Waals surface area contributed by atoms with Gasteiger partial charge in [0.1, 0.15) is 0 Å². The maximum absolute atomic E-state index is 2.55. The van der Waals surface area contributed by atoms with E-state index < -0.39 is 0 Å². The van der Waals surface area contributed by atoms with Gasteiger partial charge < -0.3 is 0 Å². The standard InChI is InChI=1S/C6H11N/c1-6-2-4-7(6)5-3-6/h2-5H2,1H3. The Morgan fingerprint density at radius 3 is 1.71 bits per heavy atom. The normalized spacial score (nSPS) is 35.6. The number of hydrogen-bond donors (Lipinski definition) is 0. The molecule has 2 rings (SSSR count). The summed E-state index contributed by atoms with van der Waals surface area (Å²) in [7, 11) is 0. The van der Waals surface area contributed by atoms with Crippen LogP contribution in [0.25, 0.3) is 0 Å². The van der Waals surface area contributed by atoms with Crippen molar-refractivity contribution in [3.8, 4) is 0 Å². The van der Waals surface area contributed by atoms with Crippen molar-refractivity contribution >= 4 is 0 Å². The molecule has 2 saturated heterocycles. The van der Waals surface area contributed by atoms with E-state index in [1.807, 2.05) is 0 Å². The largest absolute Gasteiger partial charge is 0.298 e. The van der Waals surface area contributed by atoms with Gasteiger partial charge in [0.2, 0.25) is 0 Å². The Hall–Kier alpha value is -0.0400. The average molecular weight is 97.2 g/mol. The molecule has 0 spiro atoms. The molecule has 0 bridgehead atoms. The van der Waals surface area contributed by atoms with Crippen LogP contribution in [0.15, 0.2) is 0 Å². The Morgan fingerprint density at radius 2 is 1.71 bits per heavy atom. The third-order valence-corrected chi connectivity index (χ3v) is 2.60. The Kier molecular flexibility index (Phi) is 0.487. The zero-order valence-electron chi connectivity index (χ0n) is 4.78. The summed E-state index contributed by atoms with van der Waals surface area (Å²) in [6.45, 7) is 5.10. The average Bonchev–Trinajstić information content (AvgIpc) is 1.67. The lowest BCUT2D eigenvalue weighted by Gasteiger charge is -2.59. The molecule has 2 aliphatic rings. The molecule has 7 heavy (non-hydrogen) atoms. The number of rotatable bonds is 0. The molecule has 0 aromatic carbocycles. The predicted molar refractivity (Wildman–Crippen MR) is 29.2 cm³/mol. The molecular formula is C6H11N. The topological polar surface area (TPSA) is 3.24 Å². The first-order valence-electron chi connectivity index (χ1n) is 3.06. The van der Waals surface area contributed by atoms with Gasteiger partial charge in [-0.1, -0.05) is 0 Å². The minimum absolute atomic E-state index is 0.694. The summed E-state index contributed by atoms with van der Waals surface area (Å²) in [4.78, 5) is 2.55. The second kappa shape index (κ2) is 0.873. The summed E-state index contributed by atoms with van der Waals surface area (Å²) < 4.78 is 0. The van der Waals surface area contributed by atoms with Crippen molar-refractivity contribution < 1.29 is 0 Å². The number of fused-ring (bicyclic) bond motifs is 1. The van der Waals surface area contributed by atoms with E-state index in [1.165, 1.54) is 25.9 Å². The molecule has 1 nitrogen and oxygen atoms in total. The minimum Gasteiger partial charge on any atom is -0.298 e. The van der Waals surface area contributed by atoms with Crippen molar-refractivity contribution in [1.29, 1.82) is 0 Å². The third kappa shape index (κ3) is 0.290. The lowest BCUT2D eigenvalue weighted by atomic mass is 9.76. The quantitative estimate of drug-likeness (QED) is 0.433. The van der Waals surface area contributed by atoms with E-state index in [1.54, 1.807) is 0 Å². The number of piperidine rings is 1. The van der Waals surface area contributed by atoms with Gasteiger partial charge in [-0.25, -0.2) is 0 Å². The second-order valence-corrected chi connectivity index (χ2v) is 2.98. The molecule has 0 aromatic heterocycles. The predicted octanol–water partition coefficient (Wildman–Crippen LogP) is 0.855. The van der Waals surface area contributed by atoms with Crippen LogP contribution in [0.3, 0.4) is 0 Å². The van der Waals surface area contributed by atoms with Gasteiger partial charge in [-0.2, -0.15) is 0 Å². The molecular weight excluding hydrogens is 86.1 g/mol. The molecule has 40 valence electrons. The smallest absolute Gasteiger partial charge is 0.0205 e. The molecule has 1 heteroatoms. The van der Waals surface area contributed by atoms with Crippen LogP contribution in [0.2, 0.25) is 0 Å². The Labute approximate surface area is 44.3 Å². The van der Waals surface area contributed by atoms with Crippen molar-refractivity contribution in [2.24, 2.45) is 0 Å². The molecule has 2 fully saturated rings. The van der Waals surface area contributed by atoms with Crippen molar-refractivity contribution in [2.75, 3.05) is 13.1 Å². The summed E-state index contributed by atoms with van der Waals surface area (Å²) in [5, 5.41) is 0. The summed E-state index contributed by atoms with van der Waals surface area (Å²) >= 11 is 0. The van der Waals surface area contributed by atoms with Crippen LogP contribution in [-0.4, -0.2) is 23.5 Å². The zero-order chi connectivity index (χ0) is 4.91. The molecule has 0 amide bonds. The van der Waals surface area contributed by atoms with Gasteiger partial charge >= 0.3 is 0 Å². The summed E-state index contributed by atoms with van der Waals surface area (Å²) in [6.07, 6.45) is 2.90. The first kappa shape index (κ1) is 3.90. The van der Waals surface area contributed by atoms with Crippen molar-refractivity contribution in [3.63, 3.8) is 0 Å². The molecule has 0 N–H and O–H groups in total. The van der Waals surface area contributed by atoms with Crippen LogP contribution in [0.5, 0.6) is 0 Å². The van der Waals surface area contributed by atoms with Gasteiger partial charge in [0.25, 0.3) is 0 Å². The van der Waals surface area contributed by atoms with Gasteiger partial charge in [-0.05, 0) is 19.8 Å². The minimum atomic E-state index is 0.694. The maximum Gasteiger partial charge on any atom is 0.0205 e. The van der Waals surface area contributed by atoms with Gasteiger partial charge in [-0.15, -0.1) is 0 Å². The van der Waals surface area contributed by atoms with Crippen LogP contribution in [0, 0.1) is 0 Å². The Bertz CT molecular complexity index is 90.4. The van der Waals surface area contributed by atoms with Gasteiger partial charge in [0.05, 0.1) is 0 Å². The van der Waals surface area contributed by atoms with E-state index in [-0.39, 0.29) is 0 Å². The highest BCUT2D eigenvalue weighted by Crippen LogP contribution is 2.41. The van der Waals surface area contributed by atoms with E-state index in [4.69, 9.17) is 0 Å². The van der Waals surface area contributed by atoms with Crippen molar-refractivity contribution in [2.45, 2.75) is 25.3 Å². The fourth-order valence-electron chi connectivity index (χ4n) is 1.54. The molecule has 0 saturated carbocycles. The van der Waals surface area contributed by atoms with Crippen LogP contribution in [0.4, 0.5) is 0 Å². The molecule has 0 aliphatic carbocycles. The zero-order valence-corrected chi connectivity index (χ0v) is 4.78.